The molecule has 0 saturated carbocycles. The van der Waals surface area contributed by atoms with E-state index in [1.54, 1.807) is 24.4 Å². The van der Waals surface area contributed by atoms with Gasteiger partial charge in [0.1, 0.15) is 11.6 Å². The van der Waals surface area contributed by atoms with Crippen molar-refractivity contribution < 1.29 is 22.7 Å². The van der Waals surface area contributed by atoms with Gasteiger partial charge in [-0.3, -0.25) is 4.79 Å². The van der Waals surface area contributed by atoms with Gasteiger partial charge in [-0.25, -0.2) is 22.7 Å². The second-order valence-electron chi connectivity index (χ2n) is 9.31. The second kappa shape index (κ2) is 12.2. The first kappa shape index (κ1) is 28.6. The number of nitrogens with one attached hydrogen (secondary N) is 1. The molecule has 0 aliphatic carbocycles. The fraction of sp³-hybridized carbons (Fsp3) is 0.538. The highest BCUT2D eigenvalue weighted by molar-refractivity contribution is 7.89. The molecule has 1 fully saturated rings. The van der Waals surface area contributed by atoms with Crippen molar-refractivity contribution in [3.8, 4) is 17.1 Å². The molecule has 1 saturated heterocycles. The van der Waals surface area contributed by atoms with Crippen LogP contribution in [0, 0.1) is 6.92 Å². The standard InChI is InChI=1S/C26H36N6O6S/c1-5-8-9-10-22-27-18(4)23-25(33)28-24(29-32(22)23)20-17-19(11-12-21(20)37-6-2)39(35,36)31-15-13-30(14-16-31)26(34)38-7-3/h11-12,17H,5-10,13-16H2,1-4H3,(H,28,29,33). The van der Waals surface area contributed by atoms with Gasteiger partial charge in [-0.1, -0.05) is 19.8 Å². The van der Waals surface area contributed by atoms with Crippen LogP contribution in [-0.2, 0) is 21.2 Å². The van der Waals surface area contributed by atoms with Crippen molar-refractivity contribution in [1.29, 1.82) is 0 Å². The predicted octanol–water partition coefficient (Wildman–Crippen LogP) is 2.99. The number of nitrogens with zero attached hydrogens (tertiary/aromatic N) is 5. The van der Waals surface area contributed by atoms with Crippen molar-refractivity contribution in [3.63, 3.8) is 0 Å². The average Bonchev–Trinajstić information content (AvgIpc) is 3.24. The number of rotatable bonds is 10. The number of carbonyl (C=O) groups excluding carboxylic acids is 1. The van der Waals surface area contributed by atoms with Gasteiger partial charge in [0.15, 0.2) is 11.3 Å². The Balaban J connectivity index is 1.71. The van der Waals surface area contributed by atoms with Crippen LogP contribution in [0.5, 0.6) is 5.75 Å². The van der Waals surface area contributed by atoms with E-state index >= 15 is 0 Å². The third kappa shape index (κ3) is 5.93. The maximum Gasteiger partial charge on any atom is 0.409 e. The van der Waals surface area contributed by atoms with Gasteiger partial charge in [-0.05, 0) is 45.4 Å². The summed E-state index contributed by atoms with van der Waals surface area (Å²) < 4.78 is 40.8. The lowest BCUT2D eigenvalue weighted by Crippen LogP contribution is -2.50. The van der Waals surface area contributed by atoms with Gasteiger partial charge < -0.3 is 19.4 Å². The van der Waals surface area contributed by atoms with Crippen molar-refractivity contribution in [2.45, 2.75) is 58.3 Å². The monoisotopic (exact) mass is 560 g/mol. The van der Waals surface area contributed by atoms with Gasteiger partial charge in [-0.2, -0.15) is 4.31 Å². The normalized spacial score (nSPS) is 14.6. The van der Waals surface area contributed by atoms with Gasteiger partial charge in [-0.15, -0.1) is 5.10 Å². The Hall–Kier alpha value is -3.45. The van der Waals surface area contributed by atoms with Gasteiger partial charge in [0.2, 0.25) is 10.0 Å². The van der Waals surface area contributed by atoms with E-state index in [1.807, 2.05) is 6.92 Å². The molecule has 13 heteroatoms. The Morgan fingerprint density at radius 1 is 1.08 bits per heavy atom. The highest BCUT2D eigenvalue weighted by Crippen LogP contribution is 2.31. The minimum atomic E-state index is -3.90. The number of amides is 1. The van der Waals surface area contributed by atoms with E-state index in [0.717, 1.165) is 19.3 Å². The van der Waals surface area contributed by atoms with Crippen LogP contribution in [0.2, 0.25) is 0 Å². The summed E-state index contributed by atoms with van der Waals surface area (Å²) in [5.41, 5.74) is 0.946. The lowest BCUT2D eigenvalue weighted by Gasteiger charge is -2.33. The largest absolute Gasteiger partial charge is 0.493 e. The molecular weight excluding hydrogens is 524 g/mol. The lowest BCUT2D eigenvalue weighted by atomic mass is 10.2. The van der Waals surface area contributed by atoms with Crippen LogP contribution in [0.15, 0.2) is 27.9 Å². The number of fused-ring (bicyclic) bond motifs is 1. The summed E-state index contributed by atoms with van der Waals surface area (Å²) in [7, 11) is -3.90. The van der Waals surface area contributed by atoms with Crippen LogP contribution < -0.4 is 10.3 Å². The van der Waals surface area contributed by atoms with Crippen LogP contribution in [-0.4, -0.2) is 82.7 Å². The summed E-state index contributed by atoms with van der Waals surface area (Å²) in [4.78, 5) is 34.0. The van der Waals surface area contributed by atoms with Crippen LogP contribution in [0.25, 0.3) is 16.9 Å². The fourth-order valence-corrected chi connectivity index (χ4v) is 6.11. The fourth-order valence-electron chi connectivity index (χ4n) is 4.66. The third-order valence-electron chi connectivity index (χ3n) is 6.66. The highest BCUT2D eigenvalue weighted by atomic mass is 32.2. The molecule has 12 nitrogen and oxygen atoms in total. The molecule has 0 bridgehead atoms. The Morgan fingerprint density at radius 2 is 1.82 bits per heavy atom. The van der Waals surface area contributed by atoms with E-state index in [4.69, 9.17) is 9.47 Å². The number of aromatic amines is 1. The van der Waals surface area contributed by atoms with E-state index in [1.165, 1.54) is 21.3 Å². The first-order chi connectivity index (χ1) is 18.7. The van der Waals surface area contributed by atoms with Gasteiger partial charge in [0.25, 0.3) is 5.56 Å². The number of H-pyrrole nitrogens is 1. The molecule has 39 heavy (non-hydrogen) atoms. The molecule has 4 rings (SSSR count). The molecule has 1 aromatic carbocycles. The van der Waals surface area contributed by atoms with Gasteiger partial charge >= 0.3 is 6.09 Å². The van der Waals surface area contributed by atoms with Crippen molar-refractivity contribution in [2.75, 3.05) is 39.4 Å². The molecule has 1 aliphatic rings. The van der Waals surface area contributed by atoms with Gasteiger partial charge in [0, 0.05) is 32.6 Å². The lowest BCUT2D eigenvalue weighted by molar-refractivity contribution is 0.0934. The number of hydrogen-bond acceptors (Lipinski definition) is 8. The highest BCUT2D eigenvalue weighted by Gasteiger charge is 2.31. The Labute approximate surface area is 228 Å². The Morgan fingerprint density at radius 3 is 2.49 bits per heavy atom. The number of carbonyl (C=O) groups is 1. The van der Waals surface area contributed by atoms with E-state index in [2.05, 4.69) is 22.0 Å². The Bertz CT molecular complexity index is 1490. The minimum Gasteiger partial charge on any atom is -0.493 e. The number of aryl methyl sites for hydroxylation is 2. The summed E-state index contributed by atoms with van der Waals surface area (Å²) in [6.07, 6.45) is 3.22. The topological polar surface area (TPSA) is 139 Å². The number of unbranched alkanes of at least 4 members (excludes halogenated alkanes) is 2. The van der Waals surface area contributed by atoms with Gasteiger partial charge in [0.05, 0.1) is 29.4 Å². The SMILES string of the molecule is CCCCCc1nc(C)c2c(=O)[nH]c(-c3cc(S(=O)(=O)N4CCN(C(=O)OCC)CC4)ccc3OCC)nn12. The van der Waals surface area contributed by atoms with Crippen LogP contribution in [0.4, 0.5) is 4.79 Å². The number of piperazine rings is 1. The molecule has 1 N–H and O–H groups in total. The number of aromatic nitrogens is 4. The zero-order valence-electron chi connectivity index (χ0n) is 22.9. The number of ether oxygens (including phenoxy) is 2. The maximum atomic E-state index is 13.6. The molecular formula is C26H36N6O6S. The zero-order chi connectivity index (χ0) is 28.2. The number of hydrogen-bond donors (Lipinski definition) is 1. The smallest absolute Gasteiger partial charge is 0.409 e. The number of sulfonamides is 1. The van der Waals surface area contributed by atoms with E-state index in [9.17, 15) is 18.0 Å². The first-order valence-corrected chi connectivity index (χ1v) is 14.8. The summed E-state index contributed by atoms with van der Waals surface area (Å²) in [5, 5.41) is 4.68. The maximum absolute atomic E-state index is 13.6. The Kier molecular flexibility index (Phi) is 8.90. The number of benzene rings is 1. The summed E-state index contributed by atoms with van der Waals surface area (Å²) >= 11 is 0. The quantitative estimate of drug-likeness (QED) is 0.374. The average molecular weight is 561 g/mol. The van der Waals surface area contributed by atoms with Crippen molar-refractivity contribution in [1.82, 2.24) is 28.8 Å². The van der Waals surface area contributed by atoms with Crippen molar-refractivity contribution in [2.24, 2.45) is 0 Å². The zero-order valence-corrected chi connectivity index (χ0v) is 23.7. The number of imidazole rings is 1. The molecule has 3 heterocycles. The molecule has 1 amide bonds. The van der Waals surface area contributed by atoms with Crippen LogP contribution in [0.3, 0.4) is 0 Å². The molecule has 3 aromatic rings. The molecule has 0 atom stereocenters. The molecule has 0 radical (unpaired) electrons. The third-order valence-corrected chi connectivity index (χ3v) is 8.55. The summed E-state index contributed by atoms with van der Waals surface area (Å²) in [6.45, 7) is 8.78. The van der Waals surface area contributed by atoms with E-state index in [0.29, 0.717) is 41.4 Å². The van der Waals surface area contributed by atoms with E-state index in [-0.39, 0.29) is 49.1 Å². The van der Waals surface area contributed by atoms with Crippen LogP contribution in [0.1, 0.15) is 51.6 Å². The van der Waals surface area contributed by atoms with Crippen LogP contribution >= 0.6 is 0 Å². The molecule has 212 valence electrons. The molecule has 0 spiro atoms. The molecule has 1 aliphatic heterocycles. The molecule has 0 unspecified atom stereocenters. The van der Waals surface area contributed by atoms with Crippen molar-refractivity contribution in [3.05, 3.63) is 40.1 Å². The summed E-state index contributed by atoms with van der Waals surface area (Å²) in [6, 6.07) is 4.53. The van der Waals surface area contributed by atoms with Crippen molar-refractivity contribution >= 4 is 21.6 Å². The molecule has 2 aromatic heterocycles. The minimum absolute atomic E-state index is 0.0401. The summed E-state index contributed by atoms with van der Waals surface area (Å²) in [5.74, 6) is 1.27. The predicted molar refractivity (Wildman–Crippen MR) is 146 cm³/mol. The first-order valence-electron chi connectivity index (χ1n) is 13.4. The van der Waals surface area contributed by atoms with E-state index < -0.39 is 16.1 Å². The second-order valence-corrected chi connectivity index (χ2v) is 11.3.